The largest absolute Gasteiger partial charge is 0.411 e. The molecule has 0 saturated carbocycles. The van der Waals surface area contributed by atoms with Crippen LogP contribution in [0.1, 0.15) is 27.2 Å². The van der Waals surface area contributed by atoms with Gasteiger partial charge in [-0.15, -0.1) is 0 Å². The van der Waals surface area contributed by atoms with Gasteiger partial charge >= 0.3 is 10.4 Å². The zero-order chi connectivity index (χ0) is 10.7. The van der Waals surface area contributed by atoms with Crippen molar-refractivity contribution in [1.29, 1.82) is 0 Å². The second-order valence-corrected chi connectivity index (χ2v) is 3.80. The highest BCUT2D eigenvalue weighted by Crippen LogP contribution is 2.19. The minimum atomic E-state index is -4.54. The Morgan fingerprint density at radius 1 is 1.62 bits per heavy atom. The highest BCUT2D eigenvalue weighted by atomic mass is 32.3. The van der Waals surface area contributed by atoms with Crippen molar-refractivity contribution in [2.45, 2.75) is 32.8 Å². The van der Waals surface area contributed by atoms with Crippen LogP contribution in [0.4, 0.5) is 0 Å². The molecule has 2 N–H and O–H groups in total. The summed E-state index contributed by atoms with van der Waals surface area (Å²) in [6.07, 6.45) is 0.253. The minimum absolute atomic E-state index is 0.0765. The van der Waals surface area contributed by atoms with Crippen molar-refractivity contribution in [3.8, 4) is 0 Å². The fraction of sp³-hybridized carbons (Fsp3) is 0.833. The van der Waals surface area contributed by atoms with Crippen LogP contribution in [-0.2, 0) is 14.6 Å². The van der Waals surface area contributed by atoms with Gasteiger partial charge in [-0.3, -0.25) is 4.55 Å². The zero-order valence-electron chi connectivity index (χ0n) is 7.68. The van der Waals surface area contributed by atoms with E-state index in [0.717, 1.165) is 0 Å². The first-order valence-electron chi connectivity index (χ1n) is 3.62. The standard InChI is InChI=1S/C6H13NO5S/c1-4-6(3,5(2)7-8)12-13(9,10)11/h8H,4H2,1-3H3,(H,9,10,11)/b7-5+. The van der Waals surface area contributed by atoms with E-state index < -0.39 is 16.0 Å². The lowest BCUT2D eigenvalue weighted by Gasteiger charge is -2.24. The van der Waals surface area contributed by atoms with Crippen molar-refractivity contribution in [3.05, 3.63) is 0 Å². The maximum atomic E-state index is 10.4. The van der Waals surface area contributed by atoms with Gasteiger partial charge in [-0.05, 0) is 20.3 Å². The predicted octanol–water partition coefficient (Wildman–Crippen LogP) is 0.825. The topological polar surface area (TPSA) is 96.2 Å². The highest BCUT2D eigenvalue weighted by molar-refractivity contribution is 7.81. The van der Waals surface area contributed by atoms with E-state index in [-0.39, 0.29) is 12.1 Å². The summed E-state index contributed by atoms with van der Waals surface area (Å²) in [4.78, 5) is 0. The number of hydrogen-bond acceptors (Lipinski definition) is 5. The molecule has 6 nitrogen and oxygen atoms in total. The zero-order valence-corrected chi connectivity index (χ0v) is 8.50. The summed E-state index contributed by atoms with van der Waals surface area (Å²) < 4.78 is 33.7. The fourth-order valence-electron chi connectivity index (χ4n) is 0.713. The molecule has 0 aromatic rings. The monoisotopic (exact) mass is 211 g/mol. The van der Waals surface area contributed by atoms with Gasteiger partial charge in [-0.1, -0.05) is 12.1 Å². The summed E-state index contributed by atoms with van der Waals surface area (Å²) in [5.41, 5.74) is -1.23. The predicted molar refractivity (Wildman–Crippen MR) is 46.2 cm³/mol. The Balaban J connectivity index is 4.87. The molecule has 0 spiro atoms. The molecule has 0 amide bonds. The maximum absolute atomic E-state index is 10.4. The molecule has 1 atom stereocenters. The first-order valence-corrected chi connectivity index (χ1v) is 4.99. The Morgan fingerprint density at radius 3 is 2.31 bits per heavy atom. The van der Waals surface area contributed by atoms with E-state index in [0.29, 0.717) is 0 Å². The van der Waals surface area contributed by atoms with Crippen LogP contribution >= 0.6 is 0 Å². The molecule has 0 rings (SSSR count). The van der Waals surface area contributed by atoms with Crippen LogP contribution in [0, 0.1) is 0 Å². The summed E-state index contributed by atoms with van der Waals surface area (Å²) in [6, 6.07) is 0. The van der Waals surface area contributed by atoms with Crippen LogP contribution in [-0.4, -0.2) is 29.5 Å². The third-order valence-electron chi connectivity index (χ3n) is 1.88. The summed E-state index contributed by atoms with van der Waals surface area (Å²) >= 11 is 0. The second-order valence-electron chi connectivity index (χ2n) is 2.78. The number of hydrogen-bond donors (Lipinski definition) is 2. The van der Waals surface area contributed by atoms with Gasteiger partial charge in [0.1, 0.15) is 5.60 Å². The Bertz CT molecular complexity index is 296. The summed E-state index contributed by atoms with van der Waals surface area (Å²) in [5, 5.41) is 11.3. The lowest BCUT2D eigenvalue weighted by molar-refractivity contribution is 0.136. The van der Waals surface area contributed by atoms with E-state index in [1.807, 2.05) is 0 Å². The van der Waals surface area contributed by atoms with E-state index in [2.05, 4.69) is 9.34 Å². The molecule has 0 aliphatic heterocycles. The Hall–Kier alpha value is -0.660. The third-order valence-corrected chi connectivity index (χ3v) is 2.46. The van der Waals surface area contributed by atoms with Gasteiger partial charge < -0.3 is 5.21 Å². The van der Waals surface area contributed by atoms with E-state index >= 15 is 0 Å². The molecule has 0 bridgehead atoms. The van der Waals surface area contributed by atoms with Crippen molar-refractivity contribution in [2.75, 3.05) is 0 Å². The lowest BCUT2D eigenvalue weighted by atomic mass is 9.99. The summed E-state index contributed by atoms with van der Waals surface area (Å²) in [6.45, 7) is 4.43. The number of oxime groups is 1. The lowest BCUT2D eigenvalue weighted by Crippen LogP contribution is -2.38. The van der Waals surface area contributed by atoms with Crippen LogP contribution in [0.2, 0.25) is 0 Å². The van der Waals surface area contributed by atoms with E-state index in [9.17, 15) is 8.42 Å². The van der Waals surface area contributed by atoms with Crippen LogP contribution < -0.4 is 0 Å². The van der Waals surface area contributed by atoms with Gasteiger partial charge in [0.05, 0.1) is 5.71 Å². The molecule has 78 valence electrons. The van der Waals surface area contributed by atoms with Crippen molar-refractivity contribution in [1.82, 2.24) is 0 Å². The average Bonchev–Trinajstić information content (AvgIpc) is 1.99. The molecule has 1 unspecified atom stereocenters. The molecule has 0 radical (unpaired) electrons. The van der Waals surface area contributed by atoms with Gasteiger partial charge in [0.25, 0.3) is 0 Å². The van der Waals surface area contributed by atoms with Crippen molar-refractivity contribution < 1.29 is 22.4 Å². The first kappa shape index (κ1) is 12.3. The van der Waals surface area contributed by atoms with Crippen LogP contribution in [0.3, 0.4) is 0 Å². The van der Waals surface area contributed by atoms with Crippen molar-refractivity contribution >= 4 is 16.1 Å². The van der Waals surface area contributed by atoms with Gasteiger partial charge in [0, 0.05) is 0 Å². The summed E-state index contributed by atoms with van der Waals surface area (Å²) in [5.74, 6) is 0. The van der Waals surface area contributed by atoms with Gasteiger partial charge in [0.15, 0.2) is 0 Å². The smallest absolute Gasteiger partial charge is 0.398 e. The highest BCUT2D eigenvalue weighted by Gasteiger charge is 2.32. The van der Waals surface area contributed by atoms with Crippen LogP contribution in [0.25, 0.3) is 0 Å². The molecular weight excluding hydrogens is 198 g/mol. The normalized spacial score (nSPS) is 18.3. The molecule has 7 heteroatoms. The third kappa shape index (κ3) is 3.71. The SMILES string of the molecule is CCC(C)(OS(=O)(=O)O)/C(C)=N/O. The molecule has 13 heavy (non-hydrogen) atoms. The first-order chi connectivity index (χ1) is 5.75. The molecule has 0 heterocycles. The van der Waals surface area contributed by atoms with Gasteiger partial charge in [-0.25, -0.2) is 4.18 Å². The maximum Gasteiger partial charge on any atom is 0.398 e. The number of nitrogens with zero attached hydrogens (tertiary/aromatic N) is 1. The quantitative estimate of drug-likeness (QED) is 0.310. The van der Waals surface area contributed by atoms with E-state index in [1.54, 1.807) is 6.92 Å². The average molecular weight is 211 g/mol. The second kappa shape index (κ2) is 4.03. The van der Waals surface area contributed by atoms with Crippen LogP contribution in [0.15, 0.2) is 5.16 Å². The molecule has 0 aliphatic rings. The van der Waals surface area contributed by atoms with Gasteiger partial charge in [0.2, 0.25) is 0 Å². The fourth-order valence-corrected chi connectivity index (χ4v) is 1.42. The van der Waals surface area contributed by atoms with Crippen molar-refractivity contribution in [2.24, 2.45) is 5.16 Å². The van der Waals surface area contributed by atoms with Gasteiger partial charge in [-0.2, -0.15) is 8.42 Å². The molecule has 0 fully saturated rings. The molecule has 0 saturated heterocycles. The molecular formula is C6H13NO5S. The Kier molecular flexibility index (Phi) is 3.83. The Morgan fingerprint density at radius 2 is 2.08 bits per heavy atom. The number of rotatable bonds is 4. The molecule has 0 aromatic heterocycles. The van der Waals surface area contributed by atoms with Crippen molar-refractivity contribution in [3.63, 3.8) is 0 Å². The molecule has 0 aromatic carbocycles. The van der Waals surface area contributed by atoms with E-state index in [1.165, 1.54) is 13.8 Å². The summed E-state index contributed by atoms with van der Waals surface area (Å²) in [7, 11) is -4.54. The van der Waals surface area contributed by atoms with Crippen LogP contribution in [0.5, 0.6) is 0 Å². The Labute approximate surface area is 77.2 Å². The van der Waals surface area contributed by atoms with E-state index in [4.69, 9.17) is 9.76 Å². The molecule has 0 aliphatic carbocycles. The minimum Gasteiger partial charge on any atom is -0.411 e.